The number of aromatic nitrogens is 3. The van der Waals surface area contributed by atoms with Gasteiger partial charge in [-0.15, -0.1) is 10.2 Å². The minimum absolute atomic E-state index is 0.0763. The minimum Gasteiger partial charge on any atom is -0.493 e. The number of nitrogens with zero attached hydrogens (tertiary/aromatic N) is 4. The second kappa shape index (κ2) is 8.57. The van der Waals surface area contributed by atoms with E-state index in [1.54, 1.807) is 7.11 Å². The van der Waals surface area contributed by atoms with E-state index in [0.717, 1.165) is 17.8 Å². The molecule has 2 aromatic carbocycles. The van der Waals surface area contributed by atoms with Crippen molar-refractivity contribution in [3.63, 3.8) is 0 Å². The van der Waals surface area contributed by atoms with Crippen molar-refractivity contribution >= 4 is 5.91 Å². The highest BCUT2D eigenvalue weighted by molar-refractivity contribution is 5.81. The molecule has 1 aromatic heterocycles. The van der Waals surface area contributed by atoms with E-state index < -0.39 is 0 Å². The van der Waals surface area contributed by atoms with Gasteiger partial charge in [-0.25, -0.2) is 0 Å². The van der Waals surface area contributed by atoms with E-state index in [-0.39, 0.29) is 18.6 Å². The molecular weight excluding hydrogens is 380 g/mol. The van der Waals surface area contributed by atoms with E-state index in [9.17, 15) is 4.79 Å². The fourth-order valence-corrected chi connectivity index (χ4v) is 3.77. The maximum atomic E-state index is 13.0. The number of carbonyl (C=O) groups excluding carboxylic acids is 1. The van der Waals surface area contributed by atoms with Gasteiger partial charge in [0.2, 0.25) is 5.91 Å². The first-order valence-corrected chi connectivity index (χ1v) is 10.1. The second-order valence-electron chi connectivity index (χ2n) is 7.52. The molecule has 0 aliphatic carbocycles. The fraction of sp³-hybridized carbons (Fsp3) is 0.348. The van der Waals surface area contributed by atoms with Crippen molar-refractivity contribution < 1.29 is 14.3 Å². The smallest absolute Gasteiger partial charge is 0.245 e. The molecule has 1 atom stereocenters. The molecule has 156 valence electrons. The predicted octanol–water partition coefficient (Wildman–Crippen LogP) is 3.32. The zero-order valence-corrected chi connectivity index (χ0v) is 17.5. The van der Waals surface area contributed by atoms with Crippen LogP contribution in [-0.4, -0.2) is 39.2 Å². The third-order valence-corrected chi connectivity index (χ3v) is 5.41. The van der Waals surface area contributed by atoms with Gasteiger partial charge in [0.05, 0.1) is 13.7 Å². The van der Waals surface area contributed by atoms with Crippen molar-refractivity contribution in [1.82, 2.24) is 19.7 Å². The van der Waals surface area contributed by atoms with Gasteiger partial charge in [-0.1, -0.05) is 36.4 Å². The summed E-state index contributed by atoms with van der Waals surface area (Å²) in [4.78, 5) is 14.8. The quantitative estimate of drug-likeness (QED) is 0.602. The highest BCUT2D eigenvalue weighted by Crippen LogP contribution is 2.29. The maximum absolute atomic E-state index is 13.0. The molecule has 0 unspecified atom stereocenters. The number of aryl methyl sites for hydroxylation is 1. The number of amides is 1. The Morgan fingerprint density at radius 1 is 1.10 bits per heavy atom. The Labute approximate surface area is 176 Å². The number of rotatable bonds is 7. The van der Waals surface area contributed by atoms with Crippen LogP contribution in [0.4, 0.5) is 0 Å². The average Bonchev–Trinajstić information content (AvgIpc) is 3.18. The van der Waals surface area contributed by atoms with Crippen molar-refractivity contribution in [2.45, 2.75) is 39.5 Å². The van der Waals surface area contributed by atoms with E-state index in [1.807, 2.05) is 59.7 Å². The van der Waals surface area contributed by atoms with Gasteiger partial charge in [0, 0.05) is 6.54 Å². The van der Waals surface area contributed by atoms with Gasteiger partial charge in [0.15, 0.2) is 23.1 Å². The molecule has 30 heavy (non-hydrogen) atoms. The van der Waals surface area contributed by atoms with Crippen molar-refractivity contribution in [1.29, 1.82) is 0 Å². The van der Waals surface area contributed by atoms with Gasteiger partial charge in [0.25, 0.3) is 0 Å². The number of ether oxygens (including phenoxy) is 2. The van der Waals surface area contributed by atoms with Gasteiger partial charge in [-0.05, 0) is 43.5 Å². The summed E-state index contributed by atoms with van der Waals surface area (Å²) >= 11 is 0. The minimum atomic E-state index is -0.363. The zero-order chi connectivity index (χ0) is 21.1. The normalized spacial score (nSPS) is 15.8. The molecule has 7 nitrogen and oxygen atoms in total. The summed E-state index contributed by atoms with van der Waals surface area (Å²) in [6, 6.07) is 15.6. The Bertz CT molecular complexity index is 1030. The van der Waals surface area contributed by atoms with Gasteiger partial charge < -0.3 is 14.4 Å². The number of methoxy groups -OCH3 is 1. The van der Waals surface area contributed by atoms with Crippen LogP contribution >= 0.6 is 0 Å². The zero-order valence-electron chi connectivity index (χ0n) is 17.5. The van der Waals surface area contributed by atoms with E-state index in [0.29, 0.717) is 30.4 Å². The van der Waals surface area contributed by atoms with Crippen molar-refractivity contribution in [3.05, 3.63) is 71.3 Å². The number of benzene rings is 2. The Kier molecular flexibility index (Phi) is 5.70. The summed E-state index contributed by atoms with van der Waals surface area (Å²) in [6.45, 7) is 5.22. The standard InChI is InChI=1S/C23H26N4O3/c1-16-9-10-19(20(13-16)29-3)30-15-22-25-24-21-14-26(23(28)17(2)27(21)22)12-11-18-7-5-4-6-8-18/h4-10,13,17H,11-12,14-15H2,1-3H3/t17-/m1/s1. The molecule has 3 aromatic rings. The lowest BCUT2D eigenvalue weighted by Crippen LogP contribution is -2.43. The van der Waals surface area contributed by atoms with Crippen molar-refractivity contribution in [2.75, 3.05) is 13.7 Å². The summed E-state index contributed by atoms with van der Waals surface area (Å²) in [6.07, 6.45) is 0.816. The molecule has 1 aliphatic rings. The van der Waals surface area contributed by atoms with E-state index in [2.05, 4.69) is 22.3 Å². The Balaban J connectivity index is 1.46. The fourth-order valence-electron chi connectivity index (χ4n) is 3.77. The second-order valence-corrected chi connectivity index (χ2v) is 7.52. The molecule has 1 amide bonds. The molecule has 2 heterocycles. The summed E-state index contributed by atoms with van der Waals surface area (Å²) in [5.74, 6) is 2.80. The van der Waals surface area contributed by atoms with Gasteiger partial charge in [-0.3, -0.25) is 9.36 Å². The van der Waals surface area contributed by atoms with Crippen LogP contribution in [-0.2, 0) is 24.4 Å². The van der Waals surface area contributed by atoms with Gasteiger partial charge in [0.1, 0.15) is 12.6 Å². The molecule has 1 aliphatic heterocycles. The van der Waals surface area contributed by atoms with E-state index in [4.69, 9.17) is 9.47 Å². The van der Waals surface area contributed by atoms with Crippen LogP contribution in [0.3, 0.4) is 0 Å². The van der Waals surface area contributed by atoms with Crippen LogP contribution in [0.2, 0.25) is 0 Å². The third kappa shape index (κ3) is 4.01. The van der Waals surface area contributed by atoms with Crippen LogP contribution in [0.25, 0.3) is 0 Å². The molecule has 0 fully saturated rings. The van der Waals surface area contributed by atoms with Crippen LogP contribution in [0.5, 0.6) is 11.5 Å². The first-order chi connectivity index (χ1) is 14.6. The first-order valence-electron chi connectivity index (χ1n) is 10.1. The SMILES string of the molecule is COc1cc(C)ccc1OCc1nnc2n1[C@H](C)C(=O)N(CCc1ccccc1)C2. The predicted molar refractivity (Wildman–Crippen MR) is 112 cm³/mol. The van der Waals surface area contributed by atoms with Crippen LogP contribution in [0, 0.1) is 6.92 Å². The van der Waals surface area contributed by atoms with Crippen LogP contribution in [0.1, 0.15) is 35.7 Å². The lowest BCUT2D eigenvalue weighted by molar-refractivity contribution is -0.137. The van der Waals surface area contributed by atoms with Crippen molar-refractivity contribution in [2.24, 2.45) is 0 Å². The lowest BCUT2D eigenvalue weighted by atomic mass is 10.1. The molecule has 0 bridgehead atoms. The summed E-state index contributed by atoms with van der Waals surface area (Å²) in [5, 5.41) is 8.62. The average molecular weight is 406 g/mol. The molecule has 0 spiro atoms. The Morgan fingerprint density at radius 3 is 2.67 bits per heavy atom. The summed E-state index contributed by atoms with van der Waals surface area (Å²) in [7, 11) is 1.62. The largest absolute Gasteiger partial charge is 0.493 e. The molecule has 7 heteroatoms. The topological polar surface area (TPSA) is 69.5 Å². The van der Waals surface area contributed by atoms with Gasteiger partial charge >= 0.3 is 0 Å². The highest BCUT2D eigenvalue weighted by Gasteiger charge is 2.33. The Hall–Kier alpha value is -3.35. The molecule has 0 N–H and O–H groups in total. The third-order valence-electron chi connectivity index (χ3n) is 5.41. The van der Waals surface area contributed by atoms with E-state index >= 15 is 0 Å². The van der Waals surface area contributed by atoms with E-state index in [1.165, 1.54) is 5.56 Å². The van der Waals surface area contributed by atoms with Crippen LogP contribution < -0.4 is 9.47 Å². The first kappa shape index (κ1) is 19.9. The number of hydrogen-bond acceptors (Lipinski definition) is 5. The van der Waals surface area contributed by atoms with Crippen molar-refractivity contribution in [3.8, 4) is 11.5 Å². The number of hydrogen-bond donors (Lipinski definition) is 0. The Morgan fingerprint density at radius 2 is 1.90 bits per heavy atom. The van der Waals surface area contributed by atoms with Crippen LogP contribution in [0.15, 0.2) is 48.5 Å². The summed E-state index contributed by atoms with van der Waals surface area (Å²) in [5.41, 5.74) is 2.31. The van der Waals surface area contributed by atoms with Gasteiger partial charge in [-0.2, -0.15) is 0 Å². The molecule has 0 saturated carbocycles. The highest BCUT2D eigenvalue weighted by atomic mass is 16.5. The maximum Gasteiger partial charge on any atom is 0.245 e. The molecule has 4 rings (SSSR count). The number of fused-ring (bicyclic) bond motifs is 1. The number of carbonyl (C=O) groups is 1. The monoisotopic (exact) mass is 406 g/mol. The summed E-state index contributed by atoms with van der Waals surface area (Å²) < 4.78 is 13.2. The molecule has 0 saturated heterocycles. The molecular formula is C23H26N4O3. The lowest BCUT2D eigenvalue weighted by Gasteiger charge is -2.32. The molecule has 0 radical (unpaired) electrons.